The van der Waals surface area contributed by atoms with Gasteiger partial charge in [-0.1, -0.05) is 13.3 Å². The van der Waals surface area contributed by atoms with Crippen LogP contribution in [0.5, 0.6) is 0 Å². The first-order chi connectivity index (χ1) is 11.4. The van der Waals surface area contributed by atoms with Crippen LogP contribution in [0.15, 0.2) is 0 Å². The summed E-state index contributed by atoms with van der Waals surface area (Å²) in [6.07, 6.45) is 0.916. The summed E-state index contributed by atoms with van der Waals surface area (Å²) in [6.45, 7) is 8.80. The molecule has 2 rings (SSSR count). The third-order valence-corrected chi connectivity index (χ3v) is 4.32. The molecule has 0 radical (unpaired) electrons. The van der Waals surface area contributed by atoms with Crippen molar-refractivity contribution in [2.75, 3.05) is 20.3 Å². The third-order valence-electron chi connectivity index (χ3n) is 4.32. The van der Waals surface area contributed by atoms with E-state index in [1.165, 1.54) is 0 Å². The van der Waals surface area contributed by atoms with E-state index in [1.54, 1.807) is 14.0 Å². The van der Waals surface area contributed by atoms with Crippen molar-refractivity contribution in [3.05, 3.63) is 0 Å². The van der Waals surface area contributed by atoms with Crippen LogP contribution >= 0.6 is 0 Å². The Morgan fingerprint density at radius 3 is 2.67 bits per heavy atom. The molecule has 2 saturated heterocycles. The van der Waals surface area contributed by atoms with Crippen LogP contribution in [-0.2, 0) is 28.5 Å². The lowest BCUT2D eigenvalue weighted by Gasteiger charge is -2.30. The van der Waals surface area contributed by atoms with Gasteiger partial charge in [0.1, 0.15) is 18.3 Å². The molecule has 140 valence electrons. The number of hydrogen-bond acceptors (Lipinski definition) is 7. The Morgan fingerprint density at radius 2 is 2.04 bits per heavy atom. The van der Waals surface area contributed by atoms with E-state index in [0.717, 1.165) is 19.4 Å². The van der Waals surface area contributed by atoms with Crippen molar-refractivity contribution in [3.8, 4) is 0 Å². The highest BCUT2D eigenvalue weighted by molar-refractivity contribution is 5.70. The molecule has 2 fully saturated rings. The lowest BCUT2D eigenvalue weighted by Crippen LogP contribution is -2.49. The highest BCUT2D eigenvalue weighted by atomic mass is 16.8. The minimum absolute atomic E-state index is 0.207. The average Bonchev–Trinajstić information content (AvgIpc) is 2.97. The zero-order valence-electron chi connectivity index (χ0n) is 15.4. The second-order valence-electron chi connectivity index (χ2n) is 6.69. The smallest absolute Gasteiger partial charge is 0.307 e. The van der Waals surface area contributed by atoms with Crippen LogP contribution in [0.3, 0.4) is 0 Å². The van der Waals surface area contributed by atoms with E-state index >= 15 is 0 Å². The molecule has 2 heterocycles. The van der Waals surface area contributed by atoms with Crippen LogP contribution in [-0.4, -0.2) is 62.7 Å². The van der Waals surface area contributed by atoms with Gasteiger partial charge in [-0.15, -0.1) is 0 Å². The summed E-state index contributed by atoms with van der Waals surface area (Å²) >= 11 is 0. The van der Waals surface area contributed by atoms with Crippen LogP contribution in [0.1, 0.15) is 47.0 Å². The van der Waals surface area contributed by atoms with Crippen molar-refractivity contribution in [2.24, 2.45) is 0 Å². The zero-order valence-corrected chi connectivity index (χ0v) is 15.4. The number of rotatable bonds is 9. The molecule has 0 saturated carbocycles. The number of unbranched alkanes of at least 4 members (excludes halogenated alkanes) is 1. The monoisotopic (exact) mass is 345 g/mol. The topological polar surface area (TPSA) is 75.3 Å². The molecule has 7 heteroatoms. The molecule has 0 bridgehead atoms. The first-order valence-electron chi connectivity index (χ1n) is 8.84. The van der Waals surface area contributed by atoms with Crippen molar-refractivity contribution in [3.63, 3.8) is 0 Å². The molecule has 1 N–H and O–H groups in total. The van der Waals surface area contributed by atoms with E-state index in [-0.39, 0.29) is 36.7 Å². The number of fused-ring (bicyclic) bond motifs is 1. The van der Waals surface area contributed by atoms with E-state index in [4.69, 9.17) is 23.7 Å². The molecule has 0 aliphatic carbocycles. The van der Waals surface area contributed by atoms with Gasteiger partial charge in [0.15, 0.2) is 12.1 Å². The summed E-state index contributed by atoms with van der Waals surface area (Å²) in [7, 11) is 1.63. The molecule has 2 aliphatic rings. The second kappa shape index (κ2) is 8.58. The molecule has 0 aromatic carbocycles. The largest absolute Gasteiger partial charge is 0.466 e. The molecule has 2 aliphatic heterocycles. The standard InChI is InChI=1S/C17H31NO6/c1-6-8-9-18-11(10-12(19)21-7-2)13-14(20-5)15-16(22-13)24-17(3,4)23-15/h11,13-16,18H,6-10H2,1-5H3/t11-,13-,14+,15-,16-/m1/s1. The Morgan fingerprint density at radius 1 is 1.29 bits per heavy atom. The van der Waals surface area contributed by atoms with Gasteiger partial charge in [-0.2, -0.15) is 0 Å². The molecule has 7 nitrogen and oxygen atoms in total. The Bertz CT molecular complexity index is 416. The van der Waals surface area contributed by atoms with Crippen LogP contribution < -0.4 is 5.32 Å². The summed E-state index contributed by atoms with van der Waals surface area (Å²) in [6, 6.07) is -0.207. The predicted octanol–water partition coefficient (Wildman–Crippen LogP) is 1.59. The molecule has 0 spiro atoms. The normalized spacial score (nSPS) is 32.5. The summed E-state index contributed by atoms with van der Waals surface area (Å²) in [5.41, 5.74) is 0. The first kappa shape index (κ1) is 19.6. The highest BCUT2D eigenvalue weighted by Crippen LogP contribution is 2.39. The van der Waals surface area contributed by atoms with Gasteiger partial charge in [0.05, 0.1) is 13.0 Å². The SMILES string of the molecule is CCCCN[C@H](CC(=O)OCC)[C@H]1O[C@@H]2OC(C)(C)O[C@@H]2[C@H]1OC. The number of esters is 1. The number of carbonyl (C=O) groups is 1. The van der Waals surface area contributed by atoms with Gasteiger partial charge in [0.25, 0.3) is 0 Å². The Hall–Kier alpha value is -0.730. The Labute approximate surface area is 144 Å². The molecule has 5 atom stereocenters. The lowest BCUT2D eigenvalue weighted by atomic mass is 10.00. The molecule has 0 aromatic heterocycles. The summed E-state index contributed by atoms with van der Waals surface area (Å²) in [5, 5.41) is 3.41. The molecular formula is C17H31NO6. The Kier molecular flexibility index (Phi) is 7.00. The van der Waals surface area contributed by atoms with Crippen LogP contribution in [0.2, 0.25) is 0 Å². The first-order valence-corrected chi connectivity index (χ1v) is 8.84. The fourth-order valence-corrected chi connectivity index (χ4v) is 3.26. The van der Waals surface area contributed by atoms with Crippen molar-refractivity contribution in [2.45, 2.75) is 83.4 Å². The summed E-state index contributed by atoms with van der Waals surface area (Å²) in [4.78, 5) is 12.0. The summed E-state index contributed by atoms with van der Waals surface area (Å²) in [5.74, 6) is -0.937. The predicted molar refractivity (Wildman–Crippen MR) is 87.4 cm³/mol. The van der Waals surface area contributed by atoms with Crippen molar-refractivity contribution < 1.29 is 28.5 Å². The maximum absolute atomic E-state index is 12.0. The van der Waals surface area contributed by atoms with Crippen LogP contribution in [0.25, 0.3) is 0 Å². The maximum atomic E-state index is 12.0. The number of ether oxygens (including phenoxy) is 5. The summed E-state index contributed by atoms with van der Waals surface area (Å²) < 4.78 is 28.5. The van der Waals surface area contributed by atoms with Crippen molar-refractivity contribution >= 4 is 5.97 Å². The van der Waals surface area contributed by atoms with Gasteiger partial charge < -0.3 is 29.0 Å². The maximum Gasteiger partial charge on any atom is 0.307 e. The molecule has 24 heavy (non-hydrogen) atoms. The number of hydrogen-bond donors (Lipinski definition) is 1. The van der Waals surface area contributed by atoms with Gasteiger partial charge in [-0.05, 0) is 33.7 Å². The zero-order chi connectivity index (χ0) is 17.7. The minimum atomic E-state index is -0.691. The van der Waals surface area contributed by atoms with Crippen LogP contribution in [0, 0.1) is 0 Å². The number of methoxy groups -OCH3 is 1. The van der Waals surface area contributed by atoms with Crippen molar-refractivity contribution in [1.29, 1.82) is 0 Å². The van der Waals surface area contributed by atoms with Crippen molar-refractivity contribution in [1.82, 2.24) is 5.32 Å². The molecule has 0 aromatic rings. The fourth-order valence-electron chi connectivity index (χ4n) is 3.26. The highest BCUT2D eigenvalue weighted by Gasteiger charge is 2.56. The van der Waals surface area contributed by atoms with E-state index in [2.05, 4.69) is 12.2 Å². The van der Waals surface area contributed by atoms with Gasteiger partial charge in [-0.3, -0.25) is 4.79 Å². The van der Waals surface area contributed by atoms with E-state index in [1.807, 2.05) is 13.8 Å². The number of carbonyl (C=O) groups excluding carboxylic acids is 1. The molecule has 0 unspecified atom stereocenters. The van der Waals surface area contributed by atoms with Gasteiger partial charge in [0.2, 0.25) is 0 Å². The van der Waals surface area contributed by atoms with Gasteiger partial charge in [0, 0.05) is 13.2 Å². The molecular weight excluding hydrogens is 314 g/mol. The van der Waals surface area contributed by atoms with Crippen LogP contribution in [0.4, 0.5) is 0 Å². The fraction of sp³-hybridized carbons (Fsp3) is 0.941. The Balaban J connectivity index is 2.05. The molecule has 0 amide bonds. The van der Waals surface area contributed by atoms with Gasteiger partial charge in [-0.25, -0.2) is 0 Å². The van der Waals surface area contributed by atoms with E-state index < -0.39 is 12.1 Å². The third kappa shape index (κ3) is 4.67. The second-order valence-corrected chi connectivity index (χ2v) is 6.69. The van der Waals surface area contributed by atoms with E-state index in [0.29, 0.717) is 6.61 Å². The lowest BCUT2D eigenvalue weighted by molar-refractivity contribution is -0.220. The average molecular weight is 345 g/mol. The minimum Gasteiger partial charge on any atom is -0.466 e. The quantitative estimate of drug-likeness (QED) is 0.502. The van der Waals surface area contributed by atoms with E-state index in [9.17, 15) is 4.79 Å². The number of nitrogens with one attached hydrogen (secondary N) is 1. The van der Waals surface area contributed by atoms with Gasteiger partial charge >= 0.3 is 5.97 Å².